The highest BCUT2D eigenvalue weighted by atomic mass is 16.6. The first-order valence-electron chi connectivity index (χ1n) is 3.81. The molecule has 0 atom stereocenters. The second kappa shape index (κ2) is 11.4. The van der Waals surface area contributed by atoms with Crippen molar-refractivity contribution >= 4 is 11.9 Å². The third kappa shape index (κ3) is 13.0. The van der Waals surface area contributed by atoms with Crippen molar-refractivity contribution in [3.8, 4) is 0 Å². The Balaban J connectivity index is 0. The molecule has 5 nitrogen and oxygen atoms in total. The average molecular weight is 202 g/mol. The smallest absolute Gasteiger partial charge is 0.332 e. The minimum atomic E-state index is -0.609. The van der Waals surface area contributed by atoms with Crippen molar-refractivity contribution in [2.24, 2.45) is 0 Å². The molecule has 80 valence electrons. The predicted molar refractivity (Wildman–Crippen MR) is 50.2 cm³/mol. The van der Waals surface area contributed by atoms with Crippen LogP contribution in [-0.2, 0) is 19.1 Å². The van der Waals surface area contributed by atoms with Crippen LogP contribution in [0.15, 0.2) is 25.3 Å². The Hall–Kier alpha value is -1.62. The molecule has 0 rings (SSSR count). The Bertz CT molecular complexity index is 175. The van der Waals surface area contributed by atoms with Gasteiger partial charge in [0.15, 0.2) is 6.79 Å². The number of ether oxygens (including phenoxy) is 2. The summed E-state index contributed by atoms with van der Waals surface area (Å²) in [6.07, 6.45) is 2.12. The highest BCUT2D eigenvalue weighted by molar-refractivity contribution is 5.81. The van der Waals surface area contributed by atoms with Crippen LogP contribution in [0.1, 0.15) is 6.92 Å². The molecule has 0 spiro atoms. The third-order valence-corrected chi connectivity index (χ3v) is 0.827. The Kier molecular flexibility index (Phi) is 12.1. The van der Waals surface area contributed by atoms with Crippen molar-refractivity contribution in [3.05, 3.63) is 25.3 Å². The molecular formula is C9H14O5. The summed E-state index contributed by atoms with van der Waals surface area (Å²) in [6.45, 7) is 7.89. The number of aliphatic hydroxyl groups excluding tert-OH is 1. The molecule has 0 heterocycles. The normalized spacial score (nSPS) is 7.57. The van der Waals surface area contributed by atoms with Crippen LogP contribution in [0, 0.1) is 0 Å². The molecule has 0 aromatic heterocycles. The maximum atomic E-state index is 10.1. The van der Waals surface area contributed by atoms with E-state index in [9.17, 15) is 9.59 Å². The molecule has 5 heteroatoms. The number of hydrogen-bond donors (Lipinski definition) is 1. The van der Waals surface area contributed by atoms with Crippen LogP contribution in [0.5, 0.6) is 0 Å². The fourth-order valence-electron chi connectivity index (χ4n) is 0.324. The Morgan fingerprint density at radius 3 is 1.79 bits per heavy atom. The number of aliphatic hydroxyl groups is 1. The van der Waals surface area contributed by atoms with E-state index in [1.165, 1.54) is 0 Å². The first kappa shape index (κ1) is 14.9. The molecule has 1 N–H and O–H groups in total. The van der Waals surface area contributed by atoms with E-state index in [0.717, 1.165) is 12.2 Å². The van der Waals surface area contributed by atoms with Gasteiger partial charge in [-0.1, -0.05) is 13.2 Å². The predicted octanol–water partition coefficient (Wildman–Crippen LogP) is 0.401. The zero-order chi connectivity index (χ0) is 11.4. The molecule has 0 fully saturated rings. The molecule has 0 aromatic rings. The molecule has 14 heavy (non-hydrogen) atoms. The van der Waals surface area contributed by atoms with E-state index < -0.39 is 12.8 Å². The lowest BCUT2D eigenvalue weighted by atomic mass is 10.6. The fraction of sp³-hybridized carbons (Fsp3) is 0.333. The second-order valence-corrected chi connectivity index (χ2v) is 1.75. The minimum Gasteiger partial charge on any atom is -0.463 e. The summed E-state index contributed by atoms with van der Waals surface area (Å²) in [5.41, 5.74) is 0. The highest BCUT2D eigenvalue weighted by Crippen LogP contribution is 1.74. The van der Waals surface area contributed by atoms with Gasteiger partial charge in [0.05, 0.1) is 6.61 Å². The lowest BCUT2D eigenvalue weighted by Gasteiger charge is -1.90. The SMILES string of the molecule is C=CC(=O)OCC.C=CC(=O)OCO. The molecule has 0 bridgehead atoms. The van der Waals surface area contributed by atoms with Gasteiger partial charge in [0.1, 0.15) is 0 Å². The highest BCUT2D eigenvalue weighted by Gasteiger charge is 1.87. The van der Waals surface area contributed by atoms with Crippen LogP contribution >= 0.6 is 0 Å². The van der Waals surface area contributed by atoms with Crippen LogP contribution in [0.25, 0.3) is 0 Å². The monoisotopic (exact) mass is 202 g/mol. The summed E-state index contributed by atoms with van der Waals surface area (Å²) in [4.78, 5) is 20.0. The van der Waals surface area contributed by atoms with E-state index in [2.05, 4.69) is 22.6 Å². The Morgan fingerprint density at radius 2 is 1.64 bits per heavy atom. The van der Waals surface area contributed by atoms with E-state index in [4.69, 9.17) is 5.11 Å². The Labute approximate surface area is 82.6 Å². The maximum absolute atomic E-state index is 10.1. The molecule has 0 amide bonds. The molecule has 0 aliphatic heterocycles. The van der Waals surface area contributed by atoms with Crippen molar-refractivity contribution in [2.75, 3.05) is 13.4 Å². The van der Waals surface area contributed by atoms with Crippen molar-refractivity contribution in [1.82, 2.24) is 0 Å². The standard InChI is InChI=1S/C5H8O2.C4H6O3/c1-3-5(6)7-4-2;1-2-4(6)7-3-5/h3H,1,4H2,2H3;2,5H,1,3H2. The van der Waals surface area contributed by atoms with Gasteiger partial charge >= 0.3 is 11.9 Å². The first-order valence-corrected chi connectivity index (χ1v) is 3.81. The van der Waals surface area contributed by atoms with Crippen LogP contribution in [0.2, 0.25) is 0 Å². The van der Waals surface area contributed by atoms with Gasteiger partial charge in [-0.05, 0) is 6.92 Å². The summed E-state index contributed by atoms with van der Waals surface area (Å²) in [5.74, 6) is -0.968. The van der Waals surface area contributed by atoms with Gasteiger partial charge in [-0.25, -0.2) is 9.59 Å². The molecule has 0 saturated carbocycles. The summed E-state index contributed by atoms with van der Waals surface area (Å²) >= 11 is 0. The van der Waals surface area contributed by atoms with E-state index in [1.807, 2.05) is 0 Å². The van der Waals surface area contributed by atoms with Crippen molar-refractivity contribution in [3.63, 3.8) is 0 Å². The lowest BCUT2D eigenvalue weighted by Crippen LogP contribution is -1.99. The number of esters is 2. The van der Waals surface area contributed by atoms with Gasteiger partial charge in [-0.2, -0.15) is 0 Å². The number of hydrogen-bond acceptors (Lipinski definition) is 5. The molecule has 0 saturated heterocycles. The summed E-state index contributed by atoms with van der Waals surface area (Å²) in [6, 6.07) is 0. The summed E-state index contributed by atoms with van der Waals surface area (Å²) in [7, 11) is 0. The first-order chi connectivity index (χ1) is 6.62. The second-order valence-electron chi connectivity index (χ2n) is 1.75. The van der Waals surface area contributed by atoms with E-state index in [1.54, 1.807) is 6.92 Å². The average Bonchev–Trinajstić information content (AvgIpc) is 2.19. The maximum Gasteiger partial charge on any atom is 0.332 e. The van der Waals surface area contributed by atoms with Gasteiger partial charge in [0.2, 0.25) is 0 Å². The van der Waals surface area contributed by atoms with Crippen LogP contribution in [-0.4, -0.2) is 30.4 Å². The van der Waals surface area contributed by atoms with Crippen LogP contribution in [0.3, 0.4) is 0 Å². The van der Waals surface area contributed by atoms with Crippen LogP contribution in [0.4, 0.5) is 0 Å². The molecule has 0 aromatic carbocycles. The van der Waals surface area contributed by atoms with Crippen LogP contribution < -0.4 is 0 Å². The minimum absolute atomic E-state index is 0.359. The Morgan fingerprint density at radius 1 is 1.21 bits per heavy atom. The molecular weight excluding hydrogens is 188 g/mol. The third-order valence-electron chi connectivity index (χ3n) is 0.827. The summed E-state index contributed by atoms with van der Waals surface area (Å²) in [5, 5.41) is 7.88. The van der Waals surface area contributed by atoms with Crippen molar-refractivity contribution in [1.29, 1.82) is 0 Å². The zero-order valence-electron chi connectivity index (χ0n) is 8.06. The van der Waals surface area contributed by atoms with Crippen molar-refractivity contribution in [2.45, 2.75) is 6.92 Å². The van der Waals surface area contributed by atoms with Gasteiger partial charge in [0, 0.05) is 12.2 Å². The summed E-state index contributed by atoms with van der Waals surface area (Å²) < 4.78 is 8.42. The lowest BCUT2D eigenvalue weighted by molar-refractivity contribution is -0.145. The molecule has 0 unspecified atom stereocenters. The van der Waals surface area contributed by atoms with Gasteiger partial charge in [0.25, 0.3) is 0 Å². The molecule has 0 aliphatic rings. The molecule has 0 aliphatic carbocycles. The van der Waals surface area contributed by atoms with Gasteiger partial charge in [-0.3, -0.25) is 0 Å². The zero-order valence-corrected chi connectivity index (χ0v) is 8.06. The van der Waals surface area contributed by atoms with E-state index in [-0.39, 0.29) is 5.97 Å². The number of carbonyl (C=O) groups is 2. The molecule has 0 radical (unpaired) electrons. The van der Waals surface area contributed by atoms with Gasteiger partial charge in [-0.15, -0.1) is 0 Å². The largest absolute Gasteiger partial charge is 0.463 e. The quantitative estimate of drug-likeness (QED) is 0.406. The van der Waals surface area contributed by atoms with Gasteiger partial charge < -0.3 is 14.6 Å². The van der Waals surface area contributed by atoms with E-state index >= 15 is 0 Å². The topological polar surface area (TPSA) is 72.8 Å². The van der Waals surface area contributed by atoms with Crippen molar-refractivity contribution < 1.29 is 24.2 Å². The number of carbonyl (C=O) groups excluding carboxylic acids is 2. The van der Waals surface area contributed by atoms with E-state index in [0.29, 0.717) is 6.61 Å². The fourth-order valence-corrected chi connectivity index (χ4v) is 0.324. The number of rotatable bonds is 4.